The van der Waals surface area contributed by atoms with Crippen molar-refractivity contribution >= 4 is 22.9 Å². The zero-order valence-electron chi connectivity index (χ0n) is 16.5. The van der Waals surface area contributed by atoms with Gasteiger partial charge in [0, 0.05) is 42.4 Å². The van der Waals surface area contributed by atoms with Crippen LogP contribution in [0.4, 0.5) is 4.39 Å². The van der Waals surface area contributed by atoms with E-state index >= 15 is 0 Å². The summed E-state index contributed by atoms with van der Waals surface area (Å²) in [7, 11) is 0. The minimum atomic E-state index is -0.400. The average Bonchev–Trinajstić information content (AvgIpc) is 3.40. The molecule has 2 heterocycles. The number of benzene rings is 2. The predicted molar refractivity (Wildman–Crippen MR) is 113 cm³/mol. The van der Waals surface area contributed by atoms with E-state index in [0.29, 0.717) is 13.1 Å². The SMILES string of the molecule is N#C/C(=C\c1cn(Cc2ccc(F)cc2)c2ccccc12)C(=O)NC[C@H]1CCCO1. The highest BCUT2D eigenvalue weighted by atomic mass is 19.1. The van der Waals surface area contributed by atoms with Crippen molar-refractivity contribution in [2.45, 2.75) is 25.5 Å². The van der Waals surface area contributed by atoms with Crippen molar-refractivity contribution in [3.63, 3.8) is 0 Å². The minimum absolute atomic E-state index is 0.0199. The number of fused-ring (bicyclic) bond motifs is 1. The van der Waals surface area contributed by atoms with Crippen LogP contribution >= 0.6 is 0 Å². The Balaban J connectivity index is 1.60. The van der Waals surface area contributed by atoms with Crippen LogP contribution in [0.3, 0.4) is 0 Å². The molecule has 3 aromatic rings. The highest BCUT2D eigenvalue weighted by molar-refractivity contribution is 6.04. The molecule has 2 aromatic carbocycles. The van der Waals surface area contributed by atoms with Gasteiger partial charge in [0.2, 0.25) is 0 Å². The fourth-order valence-corrected chi connectivity index (χ4v) is 3.72. The van der Waals surface area contributed by atoms with Gasteiger partial charge in [-0.2, -0.15) is 5.26 Å². The van der Waals surface area contributed by atoms with E-state index in [-0.39, 0.29) is 17.5 Å². The van der Waals surface area contributed by atoms with Gasteiger partial charge in [0.05, 0.1) is 6.10 Å². The molecule has 30 heavy (non-hydrogen) atoms. The van der Waals surface area contributed by atoms with E-state index in [1.165, 1.54) is 12.1 Å². The molecule has 0 bridgehead atoms. The van der Waals surface area contributed by atoms with E-state index in [4.69, 9.17) is 4.74 Å². The van der Waals surface area contributed by atoms with E-state index in [9.17, 15) is 14.4 Å². The summed E-state index contributed by atoms with van der Waals surface area (Å²) in [5.41, 5.74) is 2.78. The van der Waals surface area contributed by atoms with Crippen molar-refractivity contribution in [2.75, 3.05) is 13.2 Å². The van der Waals surface area contributed by atoms with Gasteiger partial charge in [0.15, 0.2) is 0 Å². The molecule has 0 unspecified atom stereocenters. The lowest BCUT2D eigenvalue weighted by Gasteiger charge is -2.10. The molecule has 1 aromatic heterocycles. The standard InChI is InChI=1S/C24H22FN3O2/c25-20-9-7-17(8-10-20)15-28-16-19(22-5-1-2-6-23(22)28)12-18(13-26)24(29)27-14-21-4-3-11-30-21/h1-2,5-10,12,16,21H,3-4,11,14-15H2,(H,27,29)/b18-12+/t21-/m1/s1. The van der Waals surface area contributed by atoms with E-state index < -0.39 is 5.91 Å². The smallest absolute Gasteiger partial charge is 0.262 e. The summed E-state index contributed by atoms with van der Waals surface area (Å²) in [6, 6.07) is 16.2. The van der Waals surface area contributed by atoms with Crippen LogP contribution in [0.1, 0.15) is 24.0 Å². The number of para-hydroxylation sites is 1. The summed E-state index contributed by atoms with van der Waals surface area (Å²) in [4.78, 5) is 12.5. The highest BCUT2D eigenvalue weighted by Crippen LogP contribution is 2.25. The Labute approximate surface area is 174 Å². The number of amides is 1. The van der Waals surface area contributed by atoms with Crippen LogP contribution in [-0.2, 0) is 16.1 Å². The quantitative estimate of drug-likeness (QED) is 0.499. The second-order valence-corrected chi connectivity index (χ2v) is 7.37. The maximum absolute atomic E-state index is 13.2. The monoisotopic (exact) mass is 403 g/mol. The van der Waals surface area contributed by atoms with Gasteiger partial charge in [-0.05, 0) is 42.7 Å². The van der Waals surface area contributed by atoms with Crippen molar-refractivity contribution in [1.82, 2.24) is 9.88 Å². The molecule has 1 aliphatic rings. The van der Waals surface area contributed by atoms with Crippen LogP contribution < -0.4 is 5.32 Å². The van der Waals surface area contributed by atoms with E-state index in [2.05, 4.69) is 5.32 Å². The molecule has 0 spiro atoms. The fraction of sp³-hybridized carbons (Fsp3) is 0.250. The number of carbonyl (C=O) groups is 1. The zero-order chi connectivity index (χ0) is 20.9. The lowest BCUT2D eigenvalue weighted by Crippen LogP contribution is -2.32. The minimum Gasteiger partial charge on any atom is -0.376 e. The van der Waals surface area contributed by atoms with Gasteiger partial charge in [-0.25, -0.2) is 4.39 Å². The lowest BCUT2D eigenvalue weighted by molar-refractivity contribution is -0.117. The van der Waals surface area contributed by atoms with E-state index in [1.54, 1.807) is 18.2 Å². The Kier molecular flexibility index (Phi) is 5.92. The first-order valence-electron chi connectivity index (χ1n) is 9.98. The van der Waals surface area contributed by atoms with Crippen molar-refractivity contribution in [3.8, 4) is 6.07 Å². The van der Waals surface area contributed by atoms with Crippen molar-refractivity contribution < 1.29 is 13.9 Å². The first-order valence-corrected chi connectivity index (χ1v) is 9.98. The van der Waals surface area contributed by atoms with Crippen LogP contribution in [0.2, 0.25) is 0 Å². The molecule has 5 nitrogen and oxygen atoms in total. The number of ether oxygens (including phenoxy) is 1. The molecule has 1 amide bonds. The molecule has 0 aliphatic carbocycles. The normalized spacial score (nSPS) is 16.5. The highest BCUT2D eigenvalue weighted by Gasteiger charge is 2.18. The molecule has 152 valence electrons. The second kappa shape index (κ2) is 8.93. The largest absolute Gasteiger partial charge is 0.376 e. The zero-order valence-corrected chi connectivity index (χ0v) is 16.5. The molecule has 1 aliphatic heterocycles. The van der Waals surface area contributed by atoms with Gasteiger partial charge in [-0.1, -0.05) is 30.3 Å². The Morgan fingerprint density at radius 3 is 2.80 bits per heavy atom. The summed E-state index contributed by atoms with van der Waals surface area (Å²) in [6.45, 7) is 1.68. The summed E-state index contributed by atoms with van der Waals surface area (Å²) in [6.07, 6.45) is 5.47. The molecular weight excluding hydrogens is 381 g/mol. The van der Waals surface area contributed by atoms with Crippen LogP contribution in [0.15, 0.2) is 60.3 Å². The maximum Gasteiger partial charge on any atom is 0.262 e. The number of nitrogens with one attached hydrogen (secondary N) is 1. The predicted octanol–water partition coefficient (Wildman–Crippen LogP) is 4.03. The Hall–Kier alpha value is -3.43. The van der Waals surface area contributed by atoms with E-state index in [1.807, 2.05) is 41.1 Å². The number of aromatic nitrogens is 1. The van der Waals surface area contributed by atoms with Gasteiger partial charge in [-0.15, -0.1) is 0 Å². The average molecular weight is 403 g/mol. The number of halogens is 1. The summed E-state index contributed by atoms with van der Waals surface area (Å²) in [5, 5.41) is 13.3. The number of carbonyl (C=O) groups excluding carboxylic acids is 1. The number of nitriles is 1. The topological polar surface area (TPSA) is 67.0 Å². The van der Waals surface area contributed by atoms with Gasteiger partial charge in [0.25, 0.3) is 5.91 Å². The molecule has 0 saturated carbocycles. The van der Waals surface area contributed by atoms with E-state index in [0.717, 1.165) is 41.5 Å². The van der Waals surface area contributed by atoms with Crippen LogP contribution in [0.25, 0.3) is 17.0 Å². The number of hydrogen-bond acceptors (Lipinski definition) is 3. The molecule has 0 radical (unpaired) electrons. The molecule has 1 atom stereocenters. The van der Waals surface area contributed by atoms with Crippen LogP contribution in [0.5, 0.6) is 0 Å². The summed E-state index contributed by atoms with van der Waals surface area (Å²) < 4.78 is 20.8. The van der Waals surface area contributed by atoms with Gasteiger partial charge in [0.1, 0.15) is 17.5 Å². The van der Waals surface area contributed by atoms with Crippen molar-refractivity contribution in [3.05, 3.63) is 77.2 Å². The van der Waals surface area contributed by atoms with Gasteiger partial charge in [-0.3, -0.25) is 4.79 Å². The second-order valence-electron chi connectivity index (χ2n) is 7.37. The Morgan fingerprint density at radius 1 is 1.27 bits per heavy atom. The summed E-state index contributed by atoms with van der Waals surface area (Å²) in [5.74, 6) is -0.671. The first kappa shape index (κ1) is 19.9. The lowest BCUT2D eigenvalue weighted by atomic mass is 10.1. The third kappa shape index (κ3) is 4.42. The molecule has 1 fully saturated rings. The summed E-state index contributed by atoms with van der Waals surface area (Å²) >= 11 is 0. The third-order valence-corrected chi connectivity index (χ3v) is 5.26. The van der Waals surface area contributed by atoms with Crippen LogP contribution in [0, 0.1) is 17.1 Å². The Morgan fingerprint density at radius 2 is 2.07 bits per heavy atom. The van der Waals surface area contributed by atoms with Crippen molar-refractivity contribution in [2.24, 2.45) is 0 Å². The number of hydrogen-bond donors (Lipinski definition) is 1. The van der Waals surface area contributed by atoms with Gasteiger partial charge >= 0.3 is 0 Å². The fourth-order valence-electron chi connectivity index (χ4n) is 3.72. The Bertz CT molecular complexity index is 1120. The molecule has 4 rings (SSSR count). The molecule has 1 N–H and O–H groups in total. The molecule has 1 saturated heterocycles. The maximum atomic E-state index is 13.2. The first-order chi connectivity index (χ1) is 14.6. The number of nitrogens with zero attached hydrogens (tertiary/aromatic N) is 2. The molecule has 6 heteroatoms. The number of rotatable bonds is 6. The van der Waals surface area contributed by atoms with Crippen molar-refractivity contribution in [1.29, 1.82) is 5.26 Å². The van der Waals surface area contributed by atoms with Gasteiger partial charge < -0.3 is 14.6 Å². The third-order valence-electron chi connectivity index (χ3n) is 5.26. The van der Waals surface area contributed by atoms with Crippen LogP contribution in [-0.4, -0.2) is 29.7 Å². The molecular formula is C24H22FN3O2.